The minimum Gasteiger partial charge on any atom is -0.305 e. The topological polar surface area (TPSA) is 42.0 Å². The van der Waals surface area contributed by atoms with Crippen LogP contribution < -0.4 is 5.32 Å². The van der Waals surface area contributed by atoms with Crippen molar-refractivity contribution in [3.63, 3.8) is 0 Å². The average molecular weight is 422 g/mol. The predicted octanol–water partition coefficient (Wildman–Crippen LogP) is 4.46. The third kappa shape index (κ3) is 3.38. The van der Waals surface area contributed by atoms with Crippen molar-refractivity contribution in [3.8, 4) is 0 Å². The molecule has 0 atom stereocenters. The first-order valence-electron chi connectivity index (χ1n) is 6.34. The van der Waals surface area contributed by atoms with Crippen LogP contribution in [-0.2, 0) is 4.79 Å². The molecular weight excluding hydrogens is 416 g/mol. The van der Waals surface area contributed by atoms with Gasteiger partial charge in [-0.3, -0.25) is 4.79 Å². The van der Waals surface area contributed by atoms with E-state index in [9.17, 15) is 57.5 Å². The number of alkyl halides is 12. The number of halogens is 12. The molecule has 1 aromatic heterocycles. The van der Waals surface area contributed by atoms with Gasteiger partial charge < -0.3 is 5.32 Å². The van der Waals surface area contributed by atoms with Crippen LogP contribution in [0.5, 0.6) is 0 Å². The van der Waals surface area contributed by atoms with Crippen LogP contribution in [0.25, 0.3) is 0 Å². The molecule has 27 heavy (non-hydrogen) atoms. The summed E-state index contributed by atoms with van der Waals surface area (Å²) in [6.45, 7) is 0. The van der Waals surface area contributed by atoms with Crippen LogP contribution in [0.15, 0.2) is 24.4 Å². The number of pyridine rings is 1. The molecule has 1 amide bonds. The van der Waals surface area contributed by atoms with Gasteiger partial charge in [-0.1, -0.05) is 6.07 Å². The van der Waals surface area contributed by atoms with Gasteiger partial charge in [0, 0.05) is 6.20 Å². The fourth-order valence-corrected chi connectivity index (χ4v) is 1.51. The zero-order valence-corrected chi connectivity index (χ0v) is 12.3. The second-order valence-corrected chi connectivity index (χ2v) is 4.89. The number of hydrogen-bond donors (Lipinski definition) is 1. The van der Waals surface area contributed by atoms with E-state index in [1.807, 2.05) is 0 Å². The first kappa shape index (κ1) is 22.8. The molecule has 1 N–H and O–H groups in total. The molecule has 1 heterocycles. The van der Waals surface area contributed by atoms with Crippen LogP contribution in [-0.4, -0.2) is 46.9 Å². The van der Waals surface area contributed by atoms with E-state index in [-0.39, 0.29) is 0 Å². The Morgan fingerprint density at radius 3 is 1.78 bits per heavy atom. The highest BCUT2D eigenvalue weighted by Gasteiger charge is 2.89. The highest BCUT2D eigenvalue weighted by molar-refractivity contribution is 5.96. The lowest BCUT2D eigenvalue weighted by molar-refractivity contribution is -0.406. The second kappa shape index (κ2) is 6.74. The molecule has 0 bridgehead atoms. The summed E-state index contributed by atoms with van der Waals surface area (Å²) in [5, 5.41) is 0.879. The summed E-state index contributed by atoms with van der Waals surface area (Å²) in [5.41, 5.74) is 0. The smallest absolute Gasteiger partial charge is 0.305 e. The molecule has 0 aliphatic heterocycles. The van der Waals surface area contributed by atoms with Crippen LogP contribution in [0, 0.1) is 0 Å². The summed E-state index contributed by atoms with van der Waals surface area (Å²) in [5.74, 6) is -41.0. The molecule has 154 valence electrons. The first-order valence-corrected chi connectivity index (χ1v) is 6.34. The number of aromatic nitrogens is 1. The highest BCUT2D eigenvalue weighted by Crippen LogP contribution is 2.58. The minimum absolute atomic E-state index is 0.698. The minimum atomic E-state index is -7.76. The monoisotopic (exact) mass is 422 g/mol. The highest BCUT2D eigenvalue weighted by atomic mass is 19.4. The molecule has 3 nitrogen and oxygen atoms in total. The van der Waals surface area contributed by atoms with Gasteiger partial charge >= 0.3 is 41.9 Å². The van der Waals surface area contributed by atoms with Crippen molar-refractivity contribution >= 4 is 11.7 Å². The Kier molecular flexibility index (Phi) is 5.70. The van der Waals surface area contributed by atoms with E-state index in [2.05, 4.69) is 4.98 Å². The summed E-state index contributed by atoms with van der Waals surface area (Å²) >= 11 is 0. The number of amides is 1. The molecule has 0 fully saturated rings. The number of nitrogens with one attached hydrogen (secondary N) is 1. The van der Waals surface area contributed by atoms with Gasteiger partial charge in [-0.25, -0.2) is 13.8 Å². The molecule has 0 saturated heterocycles. The van der Waals surface area contributed by atoms with E-state index in [4.69, 9.17) is 0 Å². The van der Waals surface area contributed by atoms with Crippen LogP contribution in [0.2, 0.25) is 0 Å². The van der Waals surface area contributed by atoms with Crippen molar-refractivity contribution in [2.45, 2.75) is 36.0 Å². The third-order valence-corrected chi connectivity index (χ3v) is 3.07. The maximum atomic E-state index is 13.5. The Hall–Kier alpha value is -2.22. The van der Waals surface area contributed by atoms with Gasteiger partial charge in [0.1, 0.15) is 5.82 Å². The number of rotatable bonds is 7. The van der Waals surface area contributed by atoms with Gasteiger partial charge in [0.05, 0.1) is 0 Å². The van der Waals surface area contributed by atoms with Crippen molar-refractivity contribution < 1.29 is 57.5 Å². The lowest BCUT2D eigenvalue weighted by atomic mass is 9.94. The molecule has 0 aromatic carbocycles. The van der Waals surface area contributed by atoms with Gasteiger partial charge in [0.2, 0.25) is 0 Å². The van der Waals surface area contributed by atoms with Gasteiger partial charge in [-0.05, 0) is 12.1 Å². The normalized spacial score (nSPS) is 14.4. The van der Waals surface area contributed by atoms with Crippen molar-refractivity contribution in [2.24, 2.45) is 0 Å². The number of anilines is 1. The predicted molar refractivity (Wildman–Crippen MR) is 63.6 cm³/mol. The number of carbonyl (C=O) groups is 1. The van der Waals surface area contributed by atoms with E-state index in [0.717, 1.165) is 23.6 Å². The Morgan fingerprint density at radius 2 is 1.37 bits per heavy atom. The summed E-state index contributed by atoms with van der Waals surface area (Å²) < 4.78 is 155. The van der Waals surface area contributed by atoms with Gasteiger partial charge in [0.15, 0.2) is 0 Å². The molecule has 0 aliphatic rings. The second-order valence-electron chi connectivity index (χ2n) is 4.89. The standard InChI is InChI=1S/C12H6F12N2O/c13-6(14)8(15,16)10(19,20)12(23,24)11(21,22)9(17,18)7(27)26-5-3-1-2-4-25-5/h1-4,6H,(H,25,26,27). The first-order chi connectivity index (χ1) is 11.9. The van der Waals surface area contributed by atoms with Crippen LogP contribution in [0.3, 0.4) is 0 Å². The van der Waals surface area contributed by atoms with Gasteiger partial charge in [0.25, 0.3) is 0 Å². The molecule has 0 spiro atoms. The zero-order valence-electron chi connectivity index (χ0n) is 12.3. The molecule has 0 radical (unpaired) electrons. The lowest BCUT2D eigenvalue weighted by Gasteiger charge is -2.38. The van der Waals surface area contributed by atoms with Crippen molar-refractivity contribution in [1.82, 2.24) is 4.98 Å². The molecule has 1 aromatic rings. The fourth-order valence-electron chi connectivity index (χ4n) is 1.51. The number of hydrogen-bond acceptors (Lipinski definition) is 2. The van der Waals surface area contributed by atoms with Crippen LogP contribution in [0.4, 0.5) is 58.5 Å². The summed E-state index contributed by atoms with van der Waals surface area (Å²) in [6.07, 6.45) is -4.79. The molecule has 15 heteroatoms. The van der Waals surface area contributed by atoms with E-state index >= 15 is 0 Å². The number of nitrogens with zero attached hydrogens (tertiary/aromatic N) is 1. The van der Waals surface area contributed by atoms with Crippen molar-refractivity contribution in [3.05, 3.63) is 24.4 Å². The lowest BCUT2D eigenvalue weighted by Crippen LogP contribution is -2.70. The maximum Gasteiger partial charge on any atom is 0.393 e. The Morgan fingerprint density at radius 1 is 0.852 bits per heavy atom. The Balaban J connectivity index is 3.33. The number of carbonyl (C=O) groups excluding carboxylic acids is 1. The van der Waals surface area contributed by atoms with E-state index in [1.54, 1.807) is 0 Å². The zero-order chi connectivity index (χ0) is 21.5. The molecule has 0 aliphatic carbocycles. The largest absolute Gasteiger partial charge is 0.393 e. The van der Waals surface area contributed by atoms with Gasteiger partial charge in [-0.15, -0.1) is 0 Å². The van der Waals surface area contributed by atoms with E-state index < -0.39 is 47.8 Å². The maximum absolute atomic E-state index is 13.5. The molecule has 1 rings (SSSR count). The Labute approximate surface area is 141 Å². The summed E-state index contributed by atoms with van der Waals surface area (Å²) in [4.78, 5) is 14.3. The molecular formula is C12H6F12N2O. The van der Waals surface area contributed by atoms with Crippen molar-refractivity contribution in [1.29, 1.82) is 0 Å². The van der Waals surface area contributed by atoms with E-state index in [0.29, 0.717) is 6.07 Å². The van der Waals surface area contributed by atoms with Crippen LogP contribution >= 0.6 is 0 Å². The Bertz CT molecular complexity index is 676. The fraction of sp³-hybridized carbons (Fsp3) is 0.500. The summed E-state index contributed by atoms with van der Waals surface area (Å²) in [6, 6.07) is 2.85. The van der Waals surface area contributed by atoms with Crippen molar-refractivity contribution in [2.75, 3.05) is 5.32 Å². The summed E-state index contributed by atoms with van der Waals surface area (Å²) in [7, 11) is 0. The quantitative estimate of drug-likeness (QED) is 0.660. The average Bonchev–Trinajstić information content (AvgIpc) is 2.54. The molecule has 0 saturated carbocycles. The molecule has 0 unspecified atom stereocenters. The van der Waals surface area contributed by atoms with Crippen LogP contribution in [0.1, 0.15) is 0 Å². The van der Waals surface area contributed by atoms with Gasteiger partial charge in [-0.2, -0.15) is 43.9 Å². The third-order valence-electron chi connectivity index (χ3n) is 3.07. The SMILES string of the molecule is O=C(Nc1ccccn1)C(F)(F)C(F)(F)C(F)(F)C(F)(F)C(F)(F)C(F)F. The van der Waals surface area contributed by atoms with E-state index in [1.165, 1.54) is 0 Å².